The Kier molecular flexibility index (Phi) is 9.54. The van der Waals surface area contributed by atoms with Crippen molar-refractivity contribution in [3.8, 4) is 11.5 Å². The van der Waals surface area contributed by atoms with E-state index in [9.17, 15) is 9.59 Å². The van der Waals surface area contributed by atoms with E-state index >= 15 is 0 Å². The Hall–Kier alpha value is -2.37. The summed E-state index contributed by atoms with van der Waals surface area (Å²) >= 11 is 0. The highest BCUT2D eigenvalue weighted by Crippen LogP contribution is 2.14. The largest absolute Gasteiger partial charge is 0.497 e. The fourth-order valence-electron chi connectivity index (χ4n) is 2.54. The molecule has 0 aliphatic rings. The van der Waals surface area contributed by atoms with Gasteiger partial charge in [0.1, 0.15) is 11.5 Å². The van der Waals surface area contributed by atoms with E-state index in [0.717, 1.165) is 11.5 Å². The molecule has 0 heterocycles. The number of carbonyl (C=O) groups excluding carboxylic acids is 2. The van der Waals surface area contributed by atoms with Crippen LogP contribution in [0.25, 0.3) is 0 Å². The number of hydrogen-bond acceptors (Lipinski definition) is 5. The number of rotatable bonds is 10. The van der Waals surface area contributed by atoms with E-state index in [-0.39, 0.29) is 24.0 Å². The maximum Gasteiger partial charge on any atom is 0.164 e. The Morgan fingerprint density at radius 1 is 0.741 bits per heavy atom. The molecule has 0 fully saturated rings. The van der Waals surface area contributed by atoms with Crippen molar-refractivity contribution >= 4 is 24.0 Å². The number of nitrogens with zero attached hydrogens (tertiary/aromatic N) is 1. The predicted octanol–water partition coefficient (Wildman–Crippen LogP) is 3.90. The number of Topliss-reactive ketones (excluding diaryl/α,β-unsaturated/α-hetero) is 2. The number of halogens is 1. The van der Waals surface area contributed by atoms with Gasteiger partial charge in [0.25, 0.3) is 0 Å². The highest BCUT2D eigenvalue weighted by molar-refractivity contribution is 5.97. The van der Waals surface area contributed by atoms with E-state index < -0.39 is 0 Å². The van der Waals surface area contributed by atoms with Gasteiger partial charge in [0, 0.05) is 37.1 Å². The highest BCUT2D eigenvalue weighted by atomic mass is 35.5. The summed E-state index contributed by atoms with van der Waals surface area (Å²) in [4.78, 5) is 26.4. The van der Waals surface area contributed by atoms with Crippen molar-refractivity contribution in [2.75, 3.05) is 34.4 Å². The van der Waals surface area contributed by atoms with Gasteiger partial charge in [-0.2, -0.15) is 0 Å². The van der Waals surface area contributed by atoms with Crippen LogP contribution in [0.1, 0.15) is 33.6 Å². The Bertz CT molecular complexity index is 665. The second-order valence-electron chi connectivity index (χ2n) is 6.11. The molecule has 0 aromatic heterocycles. The fraction of sp³-hybridized carbons (Fsp3) is 0.333. The fourth-order valence-corrected chi connectivity index (χ4v) is 2.54. The van der Waals surface area contributed by atoms with Crippen LogP contribution in [0, 0.1) is 0 Å². The molecule has 6 heteroatoms. The van der Waals surface area contributed by atoms with Gasteiger partial charge in [-0.05, 0) is 55.6 Å². The molecule has 0 unspecified atom stereocenters. The van der Waals surface area contributed by atoms with Crippen LogP contribution in [0.15, 0.2) is 48.5 Å². The molecular formula is C21H26ClNO4. The molecule has 0 aliphatic carbocycles. The molecule has 0 amide bonds. The van der Waals surface area contributed by atoms with Gasteiger partial charge in [-0.3, -0.25) is 9.59 Å². The number of ketones is 2. The van der Waals surface area contributed by atoms with Gasteiger partial charge in [-0.1, -0.05) is 0 Å². The van der Waals surface area contributed by atoms with Crippen LogP contribution >= 0.6 is 12.4 Å². The summed E-state index contributed by atoms with van der Waals surface area (Å²) in [7, 11) is 5.11. The molecule has 2 aromatic carbocycles. The van der Waals surface area contributed by atoms with E-state index in [1.54, 1.807) is 62.8 Å². The summed E-state index contributed by atoms with van der Waals surface area (Å²) in [5, 5.41) is 0. The first-order valence-corrected chi connectivity index (χ1v) is 8.56. The monoisotopic (exact) mass is 391 g/mol. The van der Waals surface area contributed by atoms with Crippen molar-refractivity contribution in [3.05, 3.63) is 59.7 Å². The zero-order chi connectivity index (χ0) is 18.9. The van der Waals surface area contributed by atoms with Gasteiger partial charge in [-0.25, -0.2) is 0 Å². The average Bonchev–Trinajstić information content (AvgIpc) is 2.70. The molecule has 0 saturated carbocycles. The lowest BCUT2D eigenvalue weighted by Crippen LogP contribution is -2.24. The molecule has 5 nitrogen and oxygen atoms in total. The van der Waals surface area contributed by atoms with Gasteiger partial charge >= 0.3 is 0 Å². The molecule has 0 atom stereocenters. The molecule has 0 N–H and O–H groups in total. The summed E-state index contributed by atoms with van der Waals surface area (Å²) in [5.74, 6) is 1.63. The lowest BCUT2D eigenvalue weighted by Gasteiger charge is -2.15. The minimum Gasteiger partial charge on any atom is -0.497 e. The number of carbonyl (C=O) groups is 2. The summed E-state index contributed by atoms with van der Waals surface area (Å²) < 4.78 is 10.2. The first-order chi connectivity index (χ1) is 12.5. The van der Waals surface area contributed by atoms with Crippen LogP contribution < -0.4 is 9.47 Å². The molecule has 2 rings (SSSR count). The van der Waals surface area contributed by atoms with E-state index in [1.165, 1.54) is 0 Å². The zero-order valence-electron chi connectivity index (χ0n) is 15.9. The van der Waals surface area contributed by atoms with Crippen molar-refractivity contribution in [1.29, 1.82) is 0 Å². The van der Waals surface area contributed by atoms with Gasteiger partial charge in [0.2, 0.25) is 0 Å². The van der Waals surface area contributed by atoms with Crippen LogP contribution in [0.2, 0.25) is 0 Å². The van der Waals surface area contributed by atoms with E-state index in [2.05, 4.69) is 0 Å². The summed E-state index contributed by atoms with van der Waals surface area (Å²) in [6.07, 6.45) is 0.832. The summed E-state index contributed by atoms with van der Waals surface area (Å²) in [6.45, 7) is 1.22. The van der Waals surface area contributed by atoms with Gasteiger partial charge < -0.3 is 14.4 Å². The Morgan fingerprint density at radius 3 is 1.37 bits per heavy atom. The first-order valence-electron chi connectivity index (χ1n) is 8.56. The predicted molar refractivity (Wildman–Crippen MR) is 109 cm³/mol. The molecular weight excluding hydrogens is 366 g/mol. The van der Waals surface area contributed by atoms with Crippen molar-refractivity contribution in [1.82, 2.24) is 4.90 Å². The van der Waals surface area contributed by atoms with Crippen LogP contribution in [0.5, 0.6) is 11.5 Å². The smallest absolute Gasteiger partial charge is 0.164 e. The summed E-state index contributed by atoms with van der Waals surface area (Å²) in [6, 6.07) is 14.2. The maximum absolute atomic E-state index is 12.2. The highest BCUT2D eigenvalue weighted by Gasteiger charge is 2.11. The normalized spacial score (nSPS) is 10.2. The molecule has 0 spiro atoms. The molecule has 0 bridgehead atoms. The van der Waals surface area contributed by atoms with Crippen LogP contribution in [0.3, 0.4) is 0 Å². The standard InChI is InChI=1S/C21H25NO4.ClH/c1-22(14-12-20(23)16-4-8-18(25-2)9-5-16)15-13-21(24)17-6-10-19(26-3)11-7-17;/h4-11H,12-15H2,1-3H3;1H. The lowest BCUT2D eigenvalue weighted by molar-refractivity contribution is 0.0956. The molecule has 146 valence electrons. The van der Waals surface area contributed by atoms with Crippen molar-refractivity contribution in [3.63, 3.8) is 0 Å². The first kappa shape index (κ1) is 22.7. The van der Waals surface area contributed by atoms with E-state index in [4.69, 9.17) is 9.47 Å². The third kappa shape index (κ3) is 7.04. The zero-order valence-corrected chi connectivity index (χ0v) is 16.8. The topological polar surface area (TPSA) is 55.8 Å². The maximum atomic E-state index is 12.2. The third-order valence-corrected chi connectivity index (χ3v) is 4.27. The Balaban J connectivity index is 0.00000364. The van der Waals surface area contributed by atoms with Gasteiger partial charge in [0.15, 0.2) is 11.6 Å². The minimum atomic E-state index is 0. The second-order valence-corrected chi connectivity index (χ2v) is 6.11. The van der Waals surface area contributed by atoms with Gasteiger partial charge in [-0.15, -0.1) is 12.4 Å². The van der Waals surface area contributed by atoms with Crippen molar-refractivity contribution in [2.24, 2.45) is 0 Å². The molecule has 2 aromatic rings. The molecule has 0 saturated heterocycles. The van der Waals surface area contributed by atoms with Crippen molar-refractivity contribution < 1.29 is 19.1 Å². The number of benzene rings is 2. The third-order valence-electron chi connectivity index (χ3n) is 4.27. The van der Waals surface area contributed by atoms with Gasteiger partial charge in [0.05, 0.1) is 14.2 Å². The molecule has 27 heavy (non-hydrogen) atoms. The Morgan fingerprint density at radius 2 is 1.07 bits per heavy atom. The number of methoxy groups -OCH3 is 2. The minimum absolute atomic E-state index is 0. The number of ether oxygens (including phenoxy) is 2. The quantitative estimate of drug-likeness (QED) is 0.575. The van der Waals surface area contributed by atoms with E-state index in [1.807, 2.05) is 11.9 Å². The lowest BCUT2D eigenvalue weighted by atomic mass is 10.1. The average molecular weight is 392 g/mol. The van der Waals surface area contributed by atoms with E-state index in [0.29, 0.717) is 37.1 Å². The number of hydrogen-bond donors (Lipinski definition) is 0. The van der Waals surface area contributed by atoms with Crippen molar-refractivity contribution in [2.45, 2.75) is 12.8 Å². The molecule has 0 aliphatic heterocycles. The van der Waals surface area contributed by atoms with Crippen LogP contribution in [-0.4, -0.2) is 50.8 Å². The van der Waals surface area contributed by atoms with Crippen LogP contribution in [-0.2, 0) is 0 Å². The Labute approximate surface area is 166 Å². The molecule has 0 radical (unpaired) electrons. The second kappa shape index (κ2) is 11.4. The SMILES string of the molecule is COc1ccc(C(=O)CCN(C)CCC(=O)c2ccc(OC)cc2)cc1.Cl. The van der Waals surface area contributed by atoms with Crippen LogP contribution in [0.4, 0.5) is 0 Å². The summed E-state index contributed by atoms with van der Waals surface area (Å²) in [5.41, 5.74) is 1.35.